The van der Waals surface area contributed by atoms with Crippen LogP contribution >= 0.6 is 0 Å². The topological polar surface area (TPSA) is 45.7 Å². The summed E-state index contributed by atoms with van der Waals surface area (Å²) in [5, 5.41) is 6.77. The van der Waals surface area contributed by atoms with Gasteiger partial charge in [-0.25, -0.2) is 0 Å². The van der Waals surface area contributed by atoms with E-state index in [1.807, 2.05) is 7.05 Å². The van der Waals surface area contributed by atoms with Crippen LogP contribution in [0.1, 0.15) is 24.0 Å². The van der Waals surface area contributed by atoms with Gasteiger partial charge in [0.1, 0.15) is 5.75 Å². The van der Waals surface area contributed by atoms with Crippen molar-refractivity contribution in [2.24, 2.45) is 4.99 Å². The monoisotopic (exact) mass is 321 g/mol. The maximum Gasteiger partial charge on any atom is 0.191 e. The van der Waals surface area contributed by atoms with Crippen molar-refractivity contribution in [3.8, 4) is 16.9 Å². The zero-order valence-electron chi connectivity index (χ0n) is 14.0. The summed E-state index contributed by atoms with van der Waals surface area (Å²) in [5.74, 6) is 1.93. The Morgan fingerprint density at radius 2 is 1.92 bits per heavy atom. The van der Waals surface area contributed by atoms with Crippen molar-refractivity contribution in [2.75, 3.05) is 13.7 Å². The summed E-state index contributed by atoms with van der Waals surface area (Å²) in [4.78, 5) is 4.26. The molecule has 1 heterocycles. The van der Waals surface area contributed by atoms with Gasteiger partial charge in [0.05, 0.1) is 6.61 Å². The molecule has 0 bridgehead atoms. The minimum Gasteiger partial charge on any atom is -0.493 e. The average Bonchev–Trinajstić information content (AvgIpc) is 3.32. The predicted molar refractivity (Wildman–Crippen MR) is 97.4 cm³/mol. The van der Waals surface area contributed by atoms with Crippen molar-refractivity contribution < 1.29 is 4.74 Å². The van der Waals surface area contributed by atoms with Gasteiger partial charge in [-0.05, 0) is 47.2 Å². The number of nitrogens with zero attached hydrogens (tertiary/aromatic N) is 1. The van der Waals surface area contributed by atoms with Gasteiger partial charge in [0.25, 0.3) is 0 Å². The molecule has 0 atom stereocenters. The fourth-order valence-corrected chi connectivity index (χ4v) is 2.98. The summed E-state index contributed by atoms with van der Waals surface area (Å²) in [7, 11) is 1.82. The molecule has 0 spiro atoms. The Bertz CT molecular complexity index is 748. The third kappa shape index (κ3) is 3.37. The van der Waals surface area contributed by atoms with Gasteiger partial charge >= 0.3 is 0 Å². The first-order chi connectivity index (χ1) is 11.8. The van der Waals surface area contributed by atoms with Crippen LogP contribution in [0.3, 0.4) is 0 Å². The highest BCUT2D eigenvalue weighted by atomic mass is 16.5. The molecule has 2 aromatic rings. The van der Waals surface area contributed by atoms with Crippen LogP contribution in [0.5, 0.6) is 5.75 Å². The minimum atomic E-state index is 0.613. The SMILES string of the molecule is CN=C(NCc1ccc(-c2ccc3c(c2)CCO3)cc1)NC1CC1. The highest BCUT2D eigenvalue weighted by molar-refractivity contribution is 5.80. The second-order valence-corrected chi connectivity index (χ2v) is 6.46. The molecular formula is C20H23N3O. The highest BCUT2D eigenvalue weighted by Gasteiger charge is 2.22. The van der Waals surface area contributed by atoms with E-state index in [4.69, 9.17) is 4.74 Å². The molecule has 0 aromatic heterocycles. The first-order valence-electron chi connectivity index (χ1n) is 8.64. The van der Waals surface area contributed by atoms with Crippen LogP contribution in [0.2, 0.25) is 0 Å². The van der Waals surface area contributed by atoms with Gasteiger partial charge in [-0.15, -0.1) is 0 Å². The van der Waals surface area contributed by atoms with Crippen LogP contribution in [0.4, 0.5) is 0 Å². The van der Waals surface area contributed by atoms with Crippen LogP contribution in [0.25, 0.3) is 11.1 Å². The first kappa shape index (κ1) is 15.1. The molecule has 1 aliphatic carbocycles. The Morgan fingerprint density at radius 1 is 1.12 bits per heavy atom. The largest absolute Gasteiger partial charge is 0.493 e. The molecule has 2 N–H and O–H groups in total. The number of ether oxygens (including phenoxy) is 1. The number of hydrogen-bond acceptors (Lipinski definition) is 2. The third-order valence-electron chi connectivity index (χ3n) is 4.58. The lowest BCUT2D eigenvalue weighted by Gasteiger charge is -2.11. The number of guanidine groups is 1. The molecule has 4 rings (SSSR count). The Balaban J connectivity index is 1.41. The molecule has 0 radical (unpaired) electrons. The van der Waals surface area contributed by atoms with Crippen LogP contribution in [-0.2, 0) is 13.0 Å². The molecule has 0 saturated heterocycles. The van der Waals surface area contributed by atoms with Crippen LogP contribution < -0.4 is 15.4 Å². The normalized spacial score (nSPS) is 16.5. The van der Waals surface area contributed by atoms with Gasteiger partial charge < -0.3 is 15.4 Å². The average molecular weight is 321 g/mol. The van der Waals surface area contributed by atoms with Crippen molar-refractivity contribution in [3.05, 3.63) is 53.6 Å². The Kier molecular flexibility index (Phi) is 4.11. The van der Waals surface area contributed by atoms with E-state index in [0.29, 0.717) is 6.04 Å². The predicted octanol–water partition coefficient (Wildman–Crippen LogP) is 3.12. The van der Waals surface area contributed by atoms with Gasteiger partial charge in [-0.3, -0.25) is 4.99 Å². The lowest BCUT2D eigenvalue weighted by molar-refractivity contribution is 0.357. The number of rotatable bonds is 4. The van der Waals surface area contributed by atoms with Crippen LogP contribution in [0.15, 0.2) is 47.5 Å². The number of benzene rings is 2. The van der Waals surface area contributed by atoms with Gasteiger partial charge in [-0.1, -0.05) is 30.3 Å². The minimum absolute atomic E-state index is 0.613. The van der Waals surface area contributed by atoms with E-state index < -0.39 is 0 Å². The molecule has 4 heteroatoms. The number of fused-ring (bicyclic) bond motifs is 1. The zero-order chi connectivity index (χ0) is 16.4. The summed E-state index contributed by atoms with van der Waals surface area (Å²) >= 11 is 0. The molecule has 1 saturated carbocycles. The summed E-state index contributed by atoms with van der Waals surface area (Å²) in [5.41, 5.74) is 5.06. The molecule has 4 nitrogen and oxygen atoms in total. The van der Waals surface area contributed by atoms with E-state index in [2.05, 4.69) is 58.1 Å². The van der Waals surface area contributed by atoms with E-state index >= 15 is 0 Å². The molecule has 2 aromatic carbocycles. The lowest BCUT2D eigenvalue weighted by Crippen LogP contribution is -2.38. The van der Waals surface area contributed by atoms with Crippen molar-refractivity contribution in [2.45, 2.75) is 31.8 Å². The number of aliphatic imine (C=N–C) groups is 1. The van der Waals surface area contributed by atoms with Gasteiger partial charge in [0, 0.05) is 26.1 Å². The second-order valence-electron chi connectivity index (χ2n) is 6.46. The Labute approximate surface area is 143 Å². The Hall–Kier alpha value is -2.49. The van der Waals surface area contributed by atoms with Gasteiger partial charge in [0.2, 0.25) is 0 Å². The number of nitrogens with one attached hydrogen (secondary N) is 2. The summed E-state index contributed by atoms with van der Waals surface area (Å²) in [6, 6.07) is 15.8. The van der Waals surface area contributed by atoms with E-state index in [9.17, 15) is 0 Å². The maximum atomic E-state index is 5.58. The molecule has 1 aliphatic heterocycles. The summed E-state index contributed by atoms with van der Waals surface area (Å²) in [6.45, 7) is 1.59. The van der Waals surface area contributed by atoms with Crippen molar-refractivity contribution in [1.29, 1.82) is 0 Å². The Morgan fingerprint density at radius 3 is 2.67 bits per heavy atom. The van der Waals surface area contributed by atoms with E-state index in [-0.39, 0.29) is 0 Å². The fraction of sp³-hybridized carbons (Fsp3) is 0.350. The summed E-state index contributed by atoms with van der Waals surface area (Å²) in [6.07, 6.45) is 3.51. The smallest absolute Gasteiger partial charge is 0.191 e. The van der Waals surface area contributed by atoms with Crippen molar-refractivity contribution >= 4 is 5.96 Å². The molecule has 124 valence electrons. The van der Waals surface area contributed by atoms with E-state index in [1.165, 1.54) is 35.1 Å². The van der Waals surface area contributed by atoms with Crippen LogP contribution in [0, 0.1) is 0 Å². The van der Waals surface area contributed by atoms with Gasteiger partial charge in [0.15, 0.2) is 5.96 Å². The van der Waals surface area contributed by atoms with Crippen molar-refractivity contribution in [1.82, 2.24) is 10.6 Å². The number of hydrogen-bond donors (Lipinski definition) is 2. The molecule has 0 amide bonds. The quantitative estimate of drug-likeness (QED) is 0.672. The molecular weight excluding hydrogens is 298 g/mol. The van der Waals surface area contributed by atoms with E-state index in [0.717, 1.165) is 31.3 Å². The second kappa shape index (κ2) is 6.56. The standard InChI is InChI=1S/C20H23N3O/c1-21-20(23-18-7-8-18)22-13-14-2-4-15(5-3-14)16-6-9-19-17(12-16)10-11-24-19/h2-6,9,12,18H,7-8,10-11,13H2,1H3,(H2,21,22,23). The first-order valence-corrected chi connectivity index (χ1v) is 8.64. The van der Waals surface area contributed by atoms with Crippen LogP contribution in [-0.4, -0.2) is 25.7 Å². The van der Waals surface area contributed by atoms with E-state index in [1.54, 1.807) is 0 Å². The third-order valence-corrected chi connectivity index (χ3v) is 4.58. The van der Waals surface area contributed by atoms with Crippen molar-refractivity contribution in [3.63, 3.8) is 0 Å². The maximum absolute atomic E-state index is 5.58. The zero-order valence-corrected chi connectivity index (χ0v) is 14.0. The highest BCUT2D eigenvalue weighted by Crippen LogP contribution is 2.30. The van der Waals surface area contributed by atoms with Gasteiger partial charge in [-0.2, -0.15) is 0 Å². The molecule has 1 fully saturated rings. The fourth-order valence-electron chi connectivity index (χ4n) is 2.98. The summed E-state index contributed by atoms with van der Waals surface area (Å²) < 4.78 is 5.58. The molecule has 24 heavy (non-hydrogen) atoms. The lowest BCUT2D eigenvalue weighted by atomic mass is 10.0. The molecule has 2 aliphatic rings. The molecule has 0 unspecified atom stereocenters.